The third-order valence-electron chi connectivity index (χ3n) is 5.01. The third kappa shape index (κ3) is 4.21. The van der Waals surface area contributed by atoms with Crippen molar-refractivity contribution in [2.24, 2.45) is 11.8 Å². The number of ether oxygens (including phenoxy) is 1. The first-order valence-electron chi connectivity index (χ1n) is 8.25. The van der Waals surface area contributed by atoms with Crippen LogP contribution in [-0.2, 0) is 4.74 Å². The Kier molecular flexibility index (Phi) is 6.16. The van der Waals surface area contributed by atoms with E-state index < -0.39 is 0 Å². The molecule has 2 aliphatic rings. The van der Waals surface area contributed by atoms with Gasteiger partial charge in [-0.2, -0.15) is 0 Å². The van der Waals surface area contributed by atoms with Gasteiger partial charge in [-0.3, -0.25) is 0 Å². The van der Waals surface area contributed by atoms with Crippen LogP contribution in [0.2, 0.25) is 0 Å². The predicted molar refractivity (Wildman–Crippen MR) is 82.2 cm³/mol. The lowest BCUT2D eigenvalue weighted by Gasteiger charge is -2.34. The second kappa shape index (κ2) is 7.89. The van der Waals surface area contributed by atoms with Crippen LogP contribution in [0.4, 0.5) is 0 Å². The van der Waals surface area contributed by atoms with E-state index in [4.69, 9.17) is 4.74 Å². The maximum atomic E-state index is 6.39. The summed E-state index contributed by atoms with van der Waals surface area (Å²) in [6, 6.07) is 0. The average molecular weight is 262 g/mol. The van der Waals surface area contributed by atoms with Crippen LogP contribution in [0, 0.1) is 11.8 Å². The van der Waals surface area contributed by atoms with Crippen LogP contribution in [0.1, 0.15) is 64.2 Å². The lowest BCUT2D eigenvalue weighted by molar-refractivity contribution is -0.0346. The minimum atomic E-state index is 0.241. The lowest BCUT2D eigenvalue weighted by atomic mass is 9.83. The molecule has 0 N–H and O–H groups in total. The van der Waals surface area contributed by atoms with Crippen molar-refractivity contribution >= 4 is 0 Å². The van der Waals surface area contributed by atoms with E-state index in [2.05, 4.69) is 13.2 Å². The summed E-state index contributed by atoms with van der Waals surface area (Å²) in [7, 11) is 0. The smallest absolute Gasteiger partial charge is 0.0789 e. The first-order chi connectivity index (χ1) is 9.35. The fourth-order valence-corrected chi connectivity index (χ4v) is 3.83. The van der Waals surface area contributed by atoms with E-state index in [0.717, 1.165) is 0 Å². The highest BCUT2D eigenvalue weighted by Gasteiger charge is 2.28. The summed E-state index contributed by atoms with van der Waals surface area (Å²) >= 11 is 0. The molecule has 0 amide bonds. The molecule has 1 heteroatoms. The van der Waals surface area contributed by atoms with Crippen molar-refractivity contribution in [3.8, 4) is 0 Å². The molecule has 108 valence electrons. The van der Waals surface area contributed by atoms with Crippen LogP contribution in [0.15, 0.2) is 25.3 Å². The van der Waals surface area contributed by atoms with Crippen LogP contribution in [-0.4, -0.2) is 12.2 Å². The summed E-state index contributed by atoms with van der Waals surface area (Å²) in [5, 5.41) is 0. The fraction of sp³-hybridized carbons (Fsp3) is 0.778. The minimum Gasteiger partial charge on any atom is -0.366 e. The van der Waals surface area contributed by atoms with E-state index in [1.807, 2.05) is 12.2 Å². The maximum absolute atomic E-state index is 6.39. The topological polar surface area (TPSA) is 9.23 Å². The number of hydrogen-bond donors (Lipinski definition) is 0. The van der Waals surface area contributed by atoms with Gasteiger partial charge in [0.1, 0.15) is 0 Å². The Morgan fingerprint density at radius 2 is 1.05 bits per heavy atom. The number of hydrogen-bond acceptors (Lipinski definition) is 1. The van der Waals surface area contributed by atoms with Crippen LogP contribution >= 0.6 is 0 Å². The quantitative estimate of drug-likeness (QED) is 0.592. The molecule has 2 fully saturated rings. The van der Waals surface area contributed by atoms with Gasteiger partial charge in [-0.15, -0.1) is 13.2 Å². The molecule has 0 saturated heterocycles. The van der Waals surface area contributed by atoms with E-state index >= 15 is 0 Å². The summed E-state index contributed by atoms with van der Waals surface area (Å²) in [6.07, 6.45) is 18.0. The van der Waals surface area contributed by atoms with Crippen molar-refractivity contribution in [3.05, 3.63) is 25.3 Å². The van der Waals surface area contributed by atoms with Crippen LogP contribution in [0.3, 0.4) is 0 Å². The van der Waals surface area contributed by atoms with Crippen LogP contribution in [0.25, 0.3) is 0 Å². The molecule has 0 radical (unpaired) electrons. The van der Waals surface area contributed by atoms with Gasteiger partial charge in [-0.25, -0.2) is 0 Å². The monoisotopic (exact) mass is 262 g/mol. The van der Waals surface area contributed by atoms with Crippen molar-refractivity contribution < 1.29 is 4.74 Å². The fourth-order valence-electron chi connectivity index (χ4n) is 3.83. The van der Waals surface area contributed by atoms with E-state index in [1.165, 1.54) is 64.2 Å². The summed E-state index contributed by atoms with van der Waals surface area (Å²) in [5.41, 5.74) is 0. The lowest BCUT2D eigenvalue weighted by Crippen LogP contribution is -2.32. The van der Waals surface area contributed by atoms with Crippen LogP contribution in [0.5, 0.6) is 0 Å². The highest BCUT2D eigenvalue weighted by Crippen LogP contribution is 2.33. The molecule has 2 aliphatic carbocycles. The van der Waals surface area contributed by atoms with Crippen molar-refractivity contribution in [1.29, 1.82) is 0 Å². The van der Waals surface area contributed by atoms with Gasteiger partial charge >= 0.3 is 0 Å². The standard InChI is InChI=1S/C18H30O/c1-3-17(15-11-7-5-8-12-15)19-18(4-2)16-13-9-6-10-14-16/h3-4,15-18H,1-2,5-14H2. The predicted octanol–water partition coefficient (Wildman–Crippen LogP) is 5.27. The number of rotatable bonds is 6. The summed E-state index contributed by atoms with van der Waals surface area (Å²) in [6.45, 7) is 8.02. The highest BCUT2D eigenvalue weighted by atomic mass is 16.5. The maximum Gasteiger partial charge on any atom is 0.0789 e. The molecule has 0 spiro atoms. The molecule has 2 atom stereocenters. The summed E-state index contributed by atoms with van der Waals surface area (Å²) < 4.78 is 6.39. The van der Waals surface area contributed by atoms with E-state index in [1.54, 1.807) is 0 Å². The van der Waals surface area contributed by atoms with Crippen molar-refractivity contribution in [1.82, 2.24) is 0 Å². The molecule has 2 saturated carbocycles. The van der Waals surface area contributed by atoms with E-state index in [0.29, 0.717) is 11.8 Å². The van der Waals surface area contributed by atoms with Gasteiger partial charge < -0.3 is 4.74 Å². The second-order valence-corrected chi connectivity index (χ2v) is 6.33. The van der Waals surface area contributed by atoms with E-state index in [-0.39, 0.29) is 12.2 Å². The second-order valence-electron chi connectivity index (χ2n) is 6.33. The van der Waals surface area contributed by atoms with Crippen molar-refractivity contribution in [3.63, 3.8) is 0 Å². The Morgan fingerprint density at radius 1 is 0.684 bits per heavy atom. The molecular formula is C18H30O. The van der Waals surface area contributed by atoms with Crippen molar-refractivity contribution in [2.45, 2.75) is 76.4 Å². The Hall–Kier alpha value is -0.560. The summed E-state index contributed by atoms with van der Waals surface area (Å²) in [5.74, 6) is 1.38. The highest BCUT2D eigenvalue weighted by molar-refractivity contribution is 4.94. The molecule has 0 bridgehead atoms. The SMILES string of the molecule is C=CC(OC(C=C)C1CCCCC1)C1CCCCC1. The Bertz CT molecular complexity index is 243. The largest absolute Gasteiger partial charge is 0.366 e. The molecule has 0 aliphatic heterocycles. The zero-order valence-corrected chi connectivity index (χ0v) is 12.4. The van der Waals surface area contributed by atoms with Gasteiger partial charge in [0.25, 0.3) is 0 Å². The van der Waals surface area contributed by atoms with Crippen molar-refractivity contribution in [2.75, 3.05) is 0 Å². The molecule has 0 heterocycles. The first-order valence-corrected chi connectivity index (χ1v) is 8.25. The van der Waals surface area contributed by atoms with Gasteiger partial charge in [0.05, 0.1) is 12.2 Å². The molecule has 2 rings (SSSR count). The van der Waals surface area contributed by atoms with Gasteiger partial charge in [-0.05, 0) is 37.5 Å². The molecule has 0 aromatic carbocycles. The zero-order valence-electron chi connectivity index (χ0n) is 12.4. The van der Waals surface area contributed by atoms with Gasteiger partial charge in [0, 0.05) is 0 Å². The van der Waals surface area contributed by atoms with E-state index in [9.17, 15) is 0 Å². The Labute approximate surface area is 119 Å². The zero-order chi connectivity index (χ0) is 13.5. The minimum absolute atomic E-state index is 0.241. The first kappa shape index (κ1) is 14.8. The molecule has 0 aromatic heterocycles. The molecule has 0 aromatic rings. The molecule has 2 unspecified atom stereocenters. The molecule has 1 nitrogen and oxygen atoms in total. The van der Waals surface area contributed by atoms with Crippen LogP contribution < -0.4 is 0 Å². The summed E-state index contributed by atoms with van der Waals surface area (Å²) in [4.78, 5) is 0. The van der Waals surface area contributed by atoms with Gasteiger partial charge in [0.2, 0.25) is 0 Å². The Balaban J connectivity index is 1.90. The molecule has 19 heavy (non-hydrogen) atoms. The third-order valence-corrected chi connectivity index (χ3v) is 5.01. The molecular weight excluding hydrogens is 232 g/mol. The average Bonchev–Trinajstić information content (AvgIpc) is 2.50. The van der Waals surface area contributed by atoms with Gasteiger partial charge in [0.15, 0.2) is 0 Å². The normalized spacial score (nSPS) is 25.7. The Morgan fingerprint density at radius 3 is 1.37 bits per heavy atom. The van der Waals surface area contributed by atoms with Gasteiger partial charge in [-0.1, -0.05) is 50.7 Å².